The molecule has 3 aromatic rings. The highest BCUT2D eigenvalue weighted by atomic mass is 35.5. The largest absolute Gasteiger partial charge is 0.478 e. The summed E-state index contributed by atoms with van der Waals surface area (Å²) in [5.74, 6) is 2.28. The fourth-order valence-electron chi connectivity index (χ4n) is 2.92. The number of nitrogen functional groups attached to an aromatic ring is 1. The Hall–Kier alpha value is -3.00. The highest BCUT2D eigenvalue weighted by Gasteiger charge is 2.24. The average molecular weight is 374 g/mol. The zero-order valence-electron chi connectivity index (χ0n) is 14.2. The van der Waals surface area contributed by atoms with E-state index < -0.39 is 0 Å². The van der Waals surface area contributed by atoms with Gasteiger partial charge in [-0.05, 0) is 24.1 Å². The number of ether oxygens (including phenoxy) is 3. The third-order valence-corrected chi connectivity index (χ3v) is 4.37. The van der Waals surface area contributed by atoms with Crippen LogP contribution in [-0.2, 0) is 6.42 Å². The van der Waals surface area contributed by atoms with Crippen molar-refractivity contribution >= 4 is 17.4 Å². The van der Waals surface area contributed by atoms with Crippen LogP contribution in [0.3, 0.4) is 0 Å². The van der Waals surface area contributed by atoms with E-state index in [0.29, 0.717) is 40.5 Å². The first-order valence-electron chi connectivity index (χ1n) is 7.96. The molecule has 1 aliphatic rings. The molecule has 9 heteroatoms. The Morgan fingerprint density at radius 3 is 2.85 bits per heavy atom. The lowest BCUT2D eigenvalue weighted by molar-refractivity contribution is 0.174. The van der Waals surface area contributed by atoms with Gasteiger partial charge in [-0.1, -0.05) is 18.5 Å². The molecule has 0 atom stereocenters. The zero-order chi connectivity index (χ0) is 18.3. The SMILES string of the molecule is CCc1nn(-c2nccnc2OC)c(N)c1-c1cc(Cl)c2c(c1)OCO2. The third kappa shape index (κ3) is 2.50. The molecule has 0 spiro atoms. The van der Waals surface area contributed by atoms with E-state index in [2.05, 4.69) is 15.1 Å². The van der Waals surface area contributed by atoms with E-state index in [1.54, 1.807) is 18.5 Å². The quantitative estimate of drug-likeness (QED) is 0.750. The van der Waals surface area contributed by atoms with Crippen molar-refractivity contribution < 1.29 is 14.2 Å². The van der Waals surface area contributed by atoms with Gasteiger partial charge >= 0.3 is 0 Å². The molecule has 0 aliphatic carbocycles. The molecule has 1 aromatic carbocycles. The number of hydrogen-bond donors (Lipinski definition) is 1. The van der Waals surface area contributed by atoms with Crippen LogP contribution in [0.5, 0.6) is 17.4 Å². The van der Waals surface area contributed by atoms with Crippen LogP contribution in [0.15, 0.2) is 24.5 Å². The molecular formula is C17H16ClN5O3. The number of hydrogen-bond acceptors (Lipinski definition) is 7. The van der Waals surface area contributed by atoms with E-state index in [1.807, 2.05) is 13.0 Å². The Labute approximate surface area is 154 Å². The van der Waals surface area contributed by atoms with Gasteiger partial charge in [0, 0.05) is 18.0 Å². The standard InChI is InChI=1S/C17H16ClN5O3/c1-3-11-13(9-6-10(18)14-12(7-9)25-8-26-14)15(19)23(22-11)16-17(24-2)21-5-4-20-16/h4-7H,3,8,19H2,1-2H3. The van der Waals surface area contributed by atoms with E-state index >= 15 is 0 Å². The van der Waals surface area contributed by atoms with Crippen molar-refractivity contribution in [2.45, 2.75) is 13.3 Å². The second kappa shape index (κ2) is 6.38. The lowest BCUT2D eigenvalue weighted by Gasteiger charge is -2.08. The van der Waals surface area contributed by atoms with Crippen molar-refractivity contribution in [1.82, 2.24) is 19.7 Å². The van der Waals surface area contributed by atoms with E-state index in [1.165, 1.54) is 11.8 Å². The van der Waals surface area contributed by atoms with Crippen molar-refractivity contribution in [1.29, 1.82) is 0 Å². The number of aryl methyl sites for hydroxylation is 1. The molecule has 2 aromatic heterocycles. The van der Waals surface area contributed by atoms with Crippen LogP contribution >= 0.6 is 11.6 Å². The minimum Gasteiger partial charge on any atom is -0.478 e. The Kier molecular flexibility index (Phi) is 4.04. The lowest BCUT2D eigenvalue weighted by Crippen LogP contribution is -2.07. The predicted molar refractivity (Wildman–Crippen MR) is 96.1 cm³/mol. The molecule has 0 saturated heterocycles. The van der Waals surface area contributed by atoms with Gasteiger partial charge in [-0.25, -0.2) is 9.97 Å². The fourth-order valence-corrected chi connectivity index (χ4v) is 3.19. The second-order valence-corrected chi connectivity index (χ2v) is 5.96. The Bertz CT molecular complexity index is 989. The normalized spacial score (nSPS) is 12.4. The number of nitrogens with zero attached hydrogens (tertiary/aromatic N) is 4. The Morgan fingerprint density at radius 2 is 2.08 bits per heavy atom. The van der Waals surface area contributed by atoms with Crippen LogP contribution in [0, 0.1) is 0 Å². The van der Waals surface area contributed by atoms with Crippen LogP contribution in [0.1, 0.15) is 12.6 Å². The summed E-state index contributed by atoms with van der Waals surface area (Å²) in [5, 5.41) is 5.06. The fraction of sp³-hybridized carbons (Fsp3) is 0.235. The molecule has 0 fully saturated rings. The summed E-state index contributed by atoms with van der Waals surface area (Å²) in [5.41, 5.74) is 8.78. The summed E-state index contributed by atoms with van der Waals surface area (Å²) in [4.78, 5) is 8.46. The van der Waals surface area contributed by atoms with Crippen molar-refractivity contribution in [2.24, 2.45) is 0 Å². The smallest absolute Gasteiger partial charge is 0.259 e. The van der Waals surface area contributed by atoms with Gasteiger partial charge in [0.1, 0.15) is 5.82 Å². The maximum absolute atomic E-state index is 6.42. The van der Waals surface area contributed by atoms with Gasteiger partial charge in [0.2, 0.25) is 12.6 Å². The van der Waals surface area contributed by atoms with Gasteiger partial charge in [-0.3, -0.25) is 0 Å². The lowest BCUT2D eigenvalue weighted by atomic mass is 10.0. The maximum atomic E-state index is 6.42. The van der Waals surface area contributed by atoms with Crippen molar-refractivity contribution in [3.63, 3.8) is 0 Å². The van der Waals surface area contributed by atoms with Crippen LogP contribution in [0.4, 0.5) is 5.82 Å². The first-order chi connectivity index (χ1) is 12.6. The molecule has 2 N–H and O–H groups in total. The molecule has 26 heavy (non-hydrogen) atoms. The molecular weight excluding hydrogens is 358 g/mol. The van der Waals surface area contributed by atoms with Gasteiger partial charge in [-0.2, -0.15) is 9.78 Å². The molecule has 0 unspecified atom stereocenters. The molecule has 3 heterocycles. The van der Waals surface area contributed by atoms with Crippen molar-refractivity contribution in [3.8, 4) is 34.3 Å². The number of fused-ring (bicyclic) bond motifs is 1. The minimum absolute atomic E-state index is 0.144. The predicted octanol–water partition coefficient (Wildman–Crippen LogP) is 2.86. The van der Waals surface area contributed by atoms with Gasteiger partial charge in [-0.15, -0.1) is 0 Å². The monoisotopic (exact) mass is 373 g/mol. The summed E-state index contributed by atoms with van der Waals surface area (Å²) < 4.78 is 17.6. The highest BCUT2D eigenvalue weighted by molar-refractivity contribution is 6.32. The first-order valence-corrected chi connectivity index (χ1v) is 8.34. The Morgan fingerprint density at radius 1 is 1.27 bits per heavy atom. The number of nitrogens with two attached hydrogens (primary N) is 1. The molecule has 4 rings (SSSR count). The number of halogens is 1. The summed E-state index contributed by atoms with van der Waals surface area (Å²) in [6, 6.07) is 3.64. The van der Waals surface area contributed by atoms with Gasteiger partial charge in [0.05, 0.1) is 17.8 Å². The Balaban J connectivity index is 1.91. The minimum atomic E-state index is 0.144. The van der Waals surface area contributed by atoms with Gasteiger partial charge < -0.3 is 19.9 Å². The van der Waals surface area contributed by atoms with Gasteiger partial charge in [0.15, 0.2) is 11.5 Å². The van der Waals surface area contributed by atoms with Gasteiger partial charge in [0.25, 0.3) is 5.88 Å². The van der Waals surface area contributed by atoms with Crippen LogP contribution < -0.4 is 19.9 Å². The number of aromatic nitrogens is 4. The van der Waals surface area contributed by atoms with E-state index in [9.17, 15) is 0 Å². The van der Waals surface area contributed by atoms with E-state index in [4.69, 9.17) is 31.5 Å². The molecule has 0 amide bonds. The number of anilines is 1. The zero-order valence-corrected chi connectivity index (χ0v) is 14.9. The van der Waals surface area contributed by atoms with E-state index in [-0.39, 0.29) is 6.79 Å². The number of methoxy groups -OCH3 is 1. The van der Waals surface area contributed by atoms with E-state index in [0.717, 1.165) is 16.8 Å². The molecule has 1 aliphatic heterocycles. The average Bonchev–Trinajstić information content (AvgIpc) is 3.26. The van der Waals surface area contributed by atoms with Crippen LogP contribution in [0.2, 0.25) is 5.02 Å². The number of rotatable bonds is 4. The van der Waals surface area contributed by atoms with Crippen molar-refractivity contribution in [2.75, 3.05) is 19.6 Å². The summed E-state index contributed by atoms with van der Waals surface area (Å²) in [6.07, 6.45) is 3.77. The summed E-state index contributed by atoms with van der Waals surface area (Å²) in [7, 11) is 1.52. The summed E-state index contributed by atoms with van der Waals surface area (Å²) >= 11 is 6.33. The second-order valence-electron chi connectivity index (χ2n) is 5.55. The molecule has 134 valence electrons. The molecule has 0 radical (unpaired) electrons. The first kappa shape index (κ1) is 16.5. The molecule has 0 bridgehead atoms. The topological polar surface area (TPSA) is 97.3 Å². The van der Waals surface area contributed by atoms with Crippen LogP contribution in [0.25, 0.3) is 16.9 Å². The maximum Gasteiger partial charge on any atom is 0.259 e. The molecule has 0 saturated carbocycles. The third-order valence-electron chi connectivity index (χ3n) is 4.08. The van der Waals surface area contributed by atoms with Crippen LogP contribution in [-0.4, -0.2) is 33.7 Å². The molecule has 8 nitrogen and oxygen atoms in total. The number of benzene rings is 1. The van der Waals surface area contributed by atoms with Crippen molar-refractivity contribution in [3.05, 3.63) is 35.2 Å². The summed E-state index contributed by atoms with van der Waals surface area (Å²) in [6.45, 7) is 2.14. The highest BCUT2D eigenvalue weighted by Crippen LogP contribution is 2.44.